The molecular formula is C18H28N2O. The van der Waals surface area contributed by atoms with E-state index in [0.717, 1.165) is 25.4 Å². The van der Waals surface area contributed by atoms with Crippen LogP contribution in [0.1, 0.15) is 56.3 Å². The number of benzene rings is 1. The van der Waals surface area contributed by atoms with Gasteiger partial charge in [0.2, 0.25) is 0 Å². The summed E-state index contributed by atoms with van der Waals surface area (Å²) in [4.78, 5) is 0. The minimum Gasteiger partial charge on any atom is -0.373 e. The molecule has 1 heterocycles. The quantitative estimate of drug-likeness (QED) is 0.660. The fourth-order valence-corrected chi connectivity index (χ4v) is 3.99. The molecule has 0 aromatic heterocycles. The van der Waals surface area contributed by atoms with Gasteiger partial charge >= 0.3 is 0 Å². The minimum absolute atomic E-state index is 0.204. The summed E-state index contributed by atoms with van der Waals surface area (Å²) in [6, 6.07) is 9.07. The molecule has 3 nitrogen and oxygen atoms in total. The maximum atomic E-state index is 6.05. The van der Waals surface area contributed by atoms with Gasteiger partial charge in [0.25, 0.3) is 0 Å². The second kappa shape index (κ2) is 6.91. The second-order valence-corrected chi connectivity index (χ2v) is 6.84. The number of nitrogens with one attached hydrogen (secondary N) is 1. The molecule has 1 aromatic carbocycles. The fourth-order valence-electron chi connectivity index (χ4n) is 3.99. The zero-order valence-electron chi connectivity index (χ0n) is 13.1. The van der Waals surface area contributed by atoms with Crippen molar-refractivity contribution >= 4 is 0 Å². The maximum absolute atomic E-state index is 6.05. The number of ether oxygens (including phenoxy) is 1. The summed E-state index contributed by atoms with van der Waals surface area (Å²) in [6.45, 7) is 3.20. The standard InChI is InChI=1S/C18H28N2O/c1-13-6-8-15(9-7-13)17(20-19)12-18-16-5-3-2-4-14(16)10-11-21-18/h2-5,13,15,17-18,20H,6-12,19H2,1H3. The molecule has 0 spiro atoms. The van der Waals surface area contributed by atoms with Gasteiger partial charge in [-0.1, -0.05) is 44.0 Å². The third-order valence-electron chi connectivity index (χ3n) is 5.40. The van der Waals surface area contributed by atoms with Crippen molar-refractivity contribution in [1.29, 1.82) is 0 Å². The molecule has 0 radical (unpaired) electrons. The van der Waals surface area contributed by atoms with E-state index < -0.39 is 0 Å². The van der Waals surface area contributed by atoms with Gasteiger partial charge in [-0.25, -0.2) is 0 Å². The van der Waals surface area contributed by atoms with E-state index in [1.54, 1.807) is 0 Å². The molecule has 2 aliphatic rings. The Labute approximate surface area is 128 Å². The number of hydrazine groups is 1. The van der Waals surface area contributed by atoms with Crippen molar-refractivity contribution in [1.82, 2.24) is 5.43 Å². The van der Waals surface area contributed by atoms with E-state index in [-0.39, 0.29) is 6.10 Å². The zero-order chi connectivity index (χ0) is 14.7. The normalized spacial score (nSPS) is 30.7. The Balaban J connectivity index is 1.67. The first-order chi connectivity index (χ1) is 10.3. The van der Waals surface area contributed by atoms with Crippen LogP contribution < -0.4 is 11.3 Å². The lowest BCUT2D eigenvalue weighted by atomic mass is 9.77. The van der Waals surface area contributed by atoms with Gasteiger partial charge in [0.15, 0.2) is 0 Å². The average molecular weight is 288 g/mol. The Morgan fingerprint density at radius 2 is 2.00 bits per heavy atom. The Morgan fingerprint density at radius 1 is 1.24 bits per heavy atom. The molecule has 3 rings (SSSR count). The smallest absolute Gasteiger partial charge is 0.0843 e. The van der Waals surface area contributed by atoms with E-state index in [9.17, 15) is 0 Å². The van der Waals surface area contributed by atoms with Crippen LogP contribution in [0.4, 0.5) is 0 Å². The number of hydrogen-bond acceptors (Lipinski definition) is 3. The van der Waals surface area contributed by atoms with Crippen molar-refractivity contribution in [3.8, 4) is 0 Å². The molecule has 2 atom stereocenters. The Bertz CT molecular complexity index is 454. The van der Waals surface area contributed by atoms with Crippen molar-refractivity contribution in [2.45, 2.75) is 57.6 Å². The summed E-state index contributed by atoms with van der Waals surface area (Å²) >= 11 is 0. The lowest BCUT2D eigenvalue weighted by Crippen LogP contribution is -2.43. The molecule has 1 aromatic rings. The van der Waals surface area contributed by atoms with Gasteiger partial charge in [-0.05, 0) is 48.6 Å². The largest absolute Gasteiger partial charge is 0.373 e. The average Bonchev–Trinajstić information content (AvgIpc) is 2.54. The summed E-state index contributed by atoms with van der Waals surface area (Å²) in [6.07, 6.45) is 7.50. The van der Waals surface area contributed by atoms with Gasteiger partial charge in [-0.2, -0.15) is 0 Å². The number of nitrogens with two attached hydrogens (primary N) is 1. The molecule has 1 saturated carbocycles. The summed E-state index contributed by atoms with van der Waals surface area (Å²) in [5.74, 6) is 7.45. The molecule has 116 valence electrons. The van der Waals surface area contributed by atoms with Crippen LogP contribution in [0.3, 0.4) is 0 Å². The maximum Gasteiger partial charge on any atom is 0.0843 e. The Morgan fingerprint density at radius 3 is 2.76 bits per heavy atom. The SMILES string of the molecule is CC1CCC(C(CC2OCCc3ccccc32)NN)CC1. The van der Waals surface area contributed by atoms with E-state index in [2.05, 4.69) is 36.6 Å². The minimum atomic E-state index is 0.204. The lowest BCUT2D eigenvalue weighted by molar-refractivity contribution is 0.0215. The molecule has 0 amide bonds. The van der Waals surface area contributed by atoms with Crippen LogP contribution in [0.15, 0.2) is 24.3 Å². The highest BCUT2D eigenvalue weighted by Crippen LogP contribution is 2.36. The number of fused-ring (bicyclic) bond motifs is 1. The topological polar surface area (TPSA) is 47.3 Å². The first kappa shape index (κ1) is 15.0. The molecule has 3 heteroatoms. The van der Waals surface area contributed by atoms with Crippen LogP contribution in [0, 0.1) is 11.8 Å². The van der Waals surface area contributed by atoms with Crippen molar-refractivity contribution in [2.75, 3.05) is 6.61 Å². The third kappa shape index (κ3) is 3.47. The molecule has 21 heavy (non-hydrogen) atoms. The molecular weight excluding hydrogens is 260 g/mol. The lowest BCUT2D eigenvalue weighted by Gasteiger charge is -2.35. The Hall–Kier alpha value is -0.900. The van der Waals surface area contributed by atoms with Crippen LogP contribution in [-0.2, 0) is 11.2 Å². The highest BCUT2D eigenvalue weighted by atomic mass is 16.5. The van der Waals surface area contributed by atoms with Gasteiger partial charge in [0, 0.05) is 6.04 Å². The number of hydrogen-bond donors (Lipinski definition) is 2. The highest BCUT2D eigenvalue weighted by Gasteiger charge is 2.30. The molecule has 1 aliphatic carbocycles. The van der Waals surface area contributed by atoms with Gasteiger partial charge in [-0.15, -0.1) is 0 Å². The van der Waals surface area contributed by atoms with Crippen molar-refractivity contribution < 1.29 is 4.74 Å². The fraction of sp³-hybridized carbons (Fsp3) is 0.667. The van der Waals surface area contributed by atoms with Crippen LogP contribution in [0.2, 0.25) is 0 Å². The van der Waals surface area contributed by atoms with Gasteiger partial charge in [0.05, 0.1) is 12.7 Å². The summed E-state index contributed by atoms with van der Waals surface area (Å²) < 4.78 is 6.05. The number of rotatable bonds is 4. The molecule has 2 unspecified atom stereocenters. The molecule has 1 fully saturated rings. The monoisotopic (exact) mass is 288 g/mol. The summed E-state index contributed by atoms with van der Waals surface area (Å²) in [7, 11) is 0. The second-order valence-electron chi connectivity index (χ2n) is 6.84. The van der Waals surface area contributed by atoms with E-state index in [4.69, 9.17) is 10.6 Å². The summed E-state index contributed by atoms with van der Waals surface area (Å²) in [5.41, 5.74) is 5.90. The summed E-state index contributed by atoms with van der Waals surface area (Å²) in [5, 5.41) is 0. The molecule has 3 N–H and O–H groups in total. The zero-order valence-corrected chi connectivity index (χ0v) is 13.1. The third-order valence-corrected chi connectivity index (χ3v) is 5.40. The van der Waals surface area contributed by atoms with E-state index >= 15 is 0 Å². The predicted molar refractivity (Wildman–Crippen MR) is 85.7 cm³/mol. The van der Waals surface area contributed by atoms with Crippen LogP contribution in [-0.4, -0.2) is 12.6 Å². The molecule has 1 aliphatic heterocycles. The van der Waals surface area contributed by atoms with Crippen LogP contribution >= 0.6 is 0 Å². The van der Waals surface area contributed by atoms with Crippen molar-refractivity contribution in [2.24, 2.45) is 17.7 Å². The van der Waals surface area contributed by atoms with E-state index in [0.29, 0.717) is 12.0 Å². The van der Waals surface area contributed by atoms with E-state index in [1.807, 2.05) is 0 Å². The van der Waals surface area contributed by atoms with Gasteiger partial charge in [0.1, 0.15) is 0 Å². The van der Waals surface area contributed by atoms with E-state index in [1.165, 1.54) is 36.8 Å². The van der Waals surface area contributed by atoms with Crippen molar-refractivity contribution in [3.63, 3.8) is 0 Å². The molecule has 0 bridgehead atoms. The Kier molecular flexibility index (Phi) is 4.94. The van der Waals surface area contributed by atoms with Crippen molar-refractivity contribution in [3.05, 3.63) is 35.4 Å². The van der Waals surface area contributed by atoms with Crippen LogP contribution in [0.25, 0.3) is 0 Å². The van der Waals surface area contributed by atoms with Gasteiger partial charge < -0.3 is 4.74 Å². The molecule has 0 saturated heterocycles. The van der Waals surface area contributed by atoms with Crippen LogP contribution in [0.5, 0.6) is 0 Å². The predicted octanol–water partition coefficient (Wildman–Crippen LogP) is 3.35. The first-order valence-corrected chi connectivity index (χ1v) is 8.43. The highest BCUT2D eigenvalue weighted by molar-refractivity contribution is 5.31. The first-order valence-electron chi connectivity index (χ1n) is 8.43. The van der Waals surface area contributed by atoms with Gasteiger partial charge in [-0.3, -0.25) is 11.3 Å².